The number of esters is 1. The molecule has 0 heterocycles. The third-order valence-corrected chi connectivity index (χ3v) is 2.80. The van der Waals surface area contributed by atoms with Gasteiger partial charge in [0.1, 0.15) is 11.8 Å². The molecule has 0 radical (unpaired) electrons. The zero-order valence-electron chi connectivity index (χ0n) is 11.1. The monoisotopic (exact) mass is 251 g/mol. The van der Waals surface area contributed by atoms with Crippen LogP contribution in [0, 0.1) is 0 Å². The van der Waals surface area contributed by atoms with E-state index in [4.69, 9.17) is 4.74 Å². The molecule has 1 aromatic carbocycles. The maximum absolute atomic E-state index is 11.6. The molecule has 1 aromatic rings. The number of hydrogen-bond donors (Lipinski definition) is 2. The van der Waals surface area contributed by atoms with Crippen molar-refractivity contribution in [1.82, 2.24) is 5.32 Å². The van der Waals surface area contributed by atoms with Gasteiger partial charge in [-0.25, -0.2) is 0 Å². The Morgan fingerprint density at radius 2 is 1.94 bits per heavy atom. The topological polar surface area (TPSA) is 58.6 Å². The summed E-state index contributed by atoms with van der Waals surface area (Å²) in [5, 5.41) is 12.5. The van der Waals surface area contributed by atoms with E-state index in [1.807, 2.05) is 19.1 Å². The summed E-state index contributed by atoms with van der Waals surface area (Å²) in [6, 6.07) is 6.74. The van der Waals surface area contributed by atoms with E-state index in [0.717, 1.165) is 12.0 Å². The van der Waals surface area contributed by atoms with Crippen LogP contribution in [0.2, 0.25) is 0 Å². The van der Waals surface area contributed by atoms with E-state index < -0.39 is 0 Å². The first-order valence-electron chi connectivity index (χ1n) is 6.30. The van der Waals surface area contributed by atoms with Crippen molar-refractivity contribution >= 4 is 5.97 Å². The molecule has 0 aromatic heterocycles. The molecule has 0 spiro atoms. The Balaban J connectivity index is 2.67. The van der Waals surface area contributed by atoms with Crippen LogP contribution >= 0.6 is 0 Å². The molecule has 0 saturated carbocycles. The molecule has 0 amide bonds. The second-order valence-corrected chi connectivity index (χ2v) is 4.19. The lowest BCUT2D eigenvalue weighted by Crippen LogP contribution is -2.37. The van der Waals surface area contributed by atoms with Crippen molar-refractivity contribution in [2.24, 2.45) is 0 Å². The van der Waals surface area contributed by atoms with Crippen LogP contribution in [0.3, 0.4) is 0 Å². The van der Waals surface area contributed by atoms with Crippen LogP contribution < -0.4 is 5.32 Å². The molecule has 2 unspecified atom stereocenters. The van der Waals surface area contributed by atoms with E-state index in [1.54, 1.807) is 26.0 Å². The Bertz CT molecular complexity index is 375. The van der Waals surface area contributed by atoms with E-state index in [9.17, 15) is 9.90 Å². The van der Waals surface area contributed by atoms with Gasteiger partial charge in [0.15, 0.2) is 0 Å². The van der Waals surface area contributed by atoms with Gasteiger partial charge in [-0.2, -0.15) is 0 Å². The molecule has 18 heavy (non-hydrogen) atoms. The van der Waals surface area contributed by atoms with E-state index in [0.29, 0.717) is 6.61 Å². The third kappa shape index (κ3) is 4.04. The second kappa shape index (κ2) is 7.01. The summed E-state index contributed by atoms with van der Waals surface area (Å²) in [4.78, 5) is 11.6. The molecular weight excluding hydrogens is 230 g/mol. The summed E-state index contributed by atoms with van der Waals surface area (Å²) < 4.78 is 4.96. The molecule has 0 bridgehead atoms. The summed E-state index contributed by atoms with van der Waals surface area (Å²) in [5.41, 5.74) is 1.05. The minimum absolute atomic E-state index is 0.0741. The van der Waals surface area contributed by atoms with E-state index >= 15 is 0 Å². The molecule has 2 atom stereocenters. The number of phenolic OH excluding ortho intramolecular Hbond substituents is 1. The van der Waals surface area contributed by atoms with Crippen molar-refractivity contribution in [1.29, 1.82) is 0 Å². The smallest absolute Gasteiger partial charge is 0.322 e. The normalized spacial score (nSPS) is 13.9. The molecule has 0 aliphatic heterocycles. The van der Waals surface area contributed by atoms with Crippen LogP contribution in [0.1, 0.15) is 38.8 Å². The third-order valence-electron chi connectivity index (χ3n) is 2.80. The number of phenols is 1. The molecule has 4 nitrogen and oxygen atoms in total. The lowest BCUT2D eigenvalue weighted by atomic mass is 10.0. The summed E-state index contributed by atoms with van der Waals surface area (Å²) >= 11 is 0. The summed E-state index contributed by atoms with van der Waals surface area (Å²) in [5.74, 6) is 0.00164. The summed E-state index contributed by atoms with van der Waals surface area (Å²) in [6.45, 7) is 6.02. The first-order chi connectivity index (χ1) is 8.58. The summed E-state index contributed by atoms with van der Waals surface area (Å²) in [7, 11) is 0. The zero-order chi connectivity index (χ0) is 13.5. The zero-order valence-corrected chi connectivity index (χ0v) is 11.1. The SMILES string of the molecule is CCOC(=O)C(C)NC(CC)c1ccc(O)cc1. The molecule has 4 heteroatoms. The molecule has 2 N–H and O–H groups in total. The minimum atomic E-state index is -0.344. The van der Waals surface area contributed by atoms with Gasteiger partial charge < -0.3 is 9.84 Å². The van der Waals surface area contributed by atoms with Gasteiger partial charge in [0, 0.05) is 6.04 Å². The quantitative estimate of drug-likeness (QED) is 0.762. The highest BCUT2D eigenvalue weighted by Crippen LogP contribution is 2.20. The van der Waals surface area contributed by atoms with Crippen LogP contribution in [0.15, 0.2) is 24.3 Å². The number of benzene rings is 1. The number of carbonyl (C=O) groups excluding carboxylic acids is 1. The van der Waals surface area contributed by atoms with E-state index in [2.05, 4.69) is 5.32 Å². The predicted octanol–water partition coefficient (Wildman–Crippen LogP) is 2.38. The molecule has 0 aliphatic carbocycles. The Labute approximate surface area is 108 Å². The first-order valence-corrected chi connectivity index (χ1v) is 6.30. The average molecular weight is 251 g/mol. The van der Waals surface area contributed by atoms with Crippen molar-refractivity contribution in [3.05, 3.63) is 29.8 Å². The lowest BCUT2D eigenvalue weighted by molar-refractivity contribution is -0.145. The average Bonchev–Trinajstić information content (AvgIpc) is 2.37. The number of hydrogen-bond acceptors (Lipinski definition) is 4. The number of rotatable bonds is 6. The van der Waals surface area contributed by atoms with E-state index in [1.165, 1.54) is 0 Å². The van der Waals surface area contributed by atoms with Gasteiger partial charge in [-0.3, -0.25) is 10.1 Å². The standard InChI is InChI=1S/C14H21NO3/c1-4-13(11-6-8-12(16)9-7-11)15-10(3)14(17)18-5-2/h6-10,13,15-16H,4-5H2,1-3H3. The van der Waals surface area contributed by atoms with Crippen LogP contribution in [0.5, 0.6) is 5.75 Å². The Hall–Kier alpha value is -1.55. The Morgan fingerprint density at radius 1 is 1.33 bits per heavy atom. The van der Waals surface area contributed by atoms with Crippen molar-refractivity contribution in [3.63, 3.8) is 0 Å². The highest BCUT2D eigenvalue weighted by Gasteiger charge is 2.18. The van der Waals surface area contributed by atoms with Gasteiger partial charge in [-0.15, -0.1) is 0 Å². The fourth-order valence-corrected chi connectivity index (χ4v) is 1.79. The Morgan fingerprint density at radius 3 is 2.44 bits per heavy atom. The molecule has 0 fully saturated rings. The van der Waals surface area contributed by atoms with Gasteiger partial charge in [0.2, 0.25) is 0 Å². The van der Waals surface area contributed by atoms with Gasteiger partial charge in [-0.05, 0) is 38.0 Å². The van der Waals surface area contributed by atoms with Gasteiger partial charge >= 0.3 is 5.97 Å². The Kier molecular flexibility index (Phi) is 5.65. The highest BCUT2D eigenvalue weighted by atomic mass is 16.5. The largest absolute Gasteiger partial charge is 0.508 e. The maximum Gasteiger partial charge on any atom is 0.322 e. The first kappa shape index (κ1) is 14.5. The van der Waals surface area contributed by atoms with Crippen LogP contribution in [0.4, 0.5) is 0 Å². The fourth-order valence-electron chi connectivity index (χ4n) is 1.79. The van der Waals surface area contributed by atoms with Crippen molar-refractivity contribution in [2.45, 2.75) is 39.3 Å². The molecule has 0 saturated heterocycles. The highest BCUT2D eigenvalue weighted by molar-refractivity contribution is 5.75. The summed E-state index contributed by atoms with van der Waals surface area (Å²) in [6.07, 6.45) is 0.856. The van der Waals surface area contributed by atoms with Crippen molar-refractivity contribution < 1.29 is 14.6 Å². The second-order valence-electron chi connectivity index (χ2n) is 4.19. The molecular formula is C14H21NO3. The number of carbonyl (C=O) groups is 1. The van der Waals surface area contributed by atoms with Gasteiger partial charge in [0.05, 0.1) is 6.61 Å². The molecule has 0 aliphatic rings. The number of aromatic hydroxyl groups is 1. The number of nitrogens with one attached hydrogen (secondary N) is 1. The maximum atomic E-state index is 11.6. The predicted molar refractivity (Wildman–Crippen MR) is 70.4 cm³/mol. The van der Waals surface area contributed by atoms with E-state index in [-0.39, 0.29) is 23.8 Å². The molecule has 1 rings (SSSR count). The fraction of sp³-hybridized carbons (Fsp3) is 0.500. The van der Waals surface area contributed by atoms with Crippen LogP contribution in [-0.4, -0.2) is 23.7 Å². The van der Waals surface area contributed by atoms with Crippen molar-refractivity contribution in [2.75, 3.05) is 6.61 Å². The van der Waals surface area contributed by atoms with Gasteiger partial charge in [0.25, 0.3) is 0 Å². The minimum Gasteiger partial charge on any atom is -0.508 e. The lowest BCUT2D eigenvalue weighted by Gasteiger charge is -2.21. The van der Waals surface area contributed by atoms with Crippen molar-refractivity contribution in [3.8, 4) is 5.75 Å². The van der Waals surface area contributed by atoms with Crippen LogP contribution in [-0.2, 0) is 9.53 Å². The number of ether oxygens (including phenoxy) is 1. The van der Waals surface area contributed by atoms with Gasteiger partial charge in [-0.1, -0.05) is 19.1 Å². The molecule has 100 valence electrons. The van der Waals surface area contributed by atoms with Crippen LogP contribution in [0.25, 0.3) is 0 Å².